The van der Waals surface area contributed by atoms with Crippen molar-refractivity contribution >= 4 is 11.3 Å². The van der Waals surface area contributed by atoms with Crippen molar-refractivity contribution in [3.63, 3.8) is 0 Å². The third kappa shape index (κ3) is 2.50. The van der Waals surface area contributed by atoms with E-state index in [9.17, 15) is 18.3 Å². The Morgan fingerprint density at radius 2 is 2.00 bits per heavy atom. The minimum atomic E-state index is -4.52. The Labute approximate surface area is 103 Å². The number of methoxy groups -OCH3 is 1. The van der Waals surface area contributed by atoms with Gasteiger partial charge in [0, 0.05) is 5.38 Å². The second-order valence-corrected chi connectivity index (χ2v) is 3.99. The summed E-state index contributed by atoms with van der Waals surface area (Å²) in [6, 6.07) is 1.14. The fraction of sp³-hybridized carbons (Fsp3) is 0.222. The predicted octanol–water partition coefficient (Wildman–Crippen LogP) is 2.33. The number of thiazole rings is 1. The highest BCUT2D eigenvalue weighted by Crippen LogP contribution is 2.33. The summed E-state index contributed by atoms with van der Waals surface area (Å²) in [7, 11) is 1.31. The van der Waals surface area contributed by atoms with Crippen molar-refractivity contribution in [2.75, 3.05) is 7.11 Å². The molecular weight excluding hydrogens is 271 g/mol. The van der Waals surface area contributed by atoms with E-state index in [0.717, 1.165) is 22.8 Å². The van der Waals surface area contributed by atoms with Crippen molar-refractivity contribution in [2.24, 2.45) is 0 Å². The number of aromatic hydroxyl groups is 1. The molecule has 9 heteroatoms. The lowest BCUT2D eigenvalue weighted by molar-refractivity contribution is -0.140. The fourth-order valence-electron chi connectivity index (χ4n) is 1.12. The van der Waals surface area contributed by atoms with Crippen molar-refractivity contribution in [3.05, 3.63) is 17.1 Å². The first kappa shape index (κ1) is 12.6. The van der Waals surface area contributed by atoms with E-state index in [1.807, 2.05) is 0 Å². The highest BCUT2D eigenvalue weighted by Gasteiger charge is 2.34. The number of rotatable bonds is 2. The minimum absolute atomic E-state index is 0.0428. The first-order valence-corrected chi connectivity index (χ1v) is 5.43. The Morgan fingerprint density at radius 1 is 1.28 bits per heavy atom. The van der Waals surface area contributed by atoms with Crippen LogP contribution < -0.4 is 4.74 Å². The zero-order valence-corrected chi connectivity index (χ0v) is 9.71. The van der Waals surface area contributed by atoms with Gasteiger partial charge >= 0.3 is 6.18 Å². The van der Waals surface area contributed by atoms with E-state index < -0.39 is 17.8 Å². The van der Waals surface area contributed by atoms with Crippen LogP contribution in [0.2, 0.25) is 0 Å². The summed E-state index contributed by atoms with van der Waals surface area (Å²) in [6.07, 6.45) is -4.52. The summed E-state index contributed by atoms with van der Waals surface area (Å²) in [5, 5.41) is 10.1. The topological polar surface area (TPSA) is 68.1 Å². The molecule has 96 valence electrons. The van der Waals surface area contributed by atoms with E-state index in [0.29, 0.717) is 0 Å². The molecule has 2 aromatic heterocycles. The monoisotopic (exact) mass is 277 g/mol. The van der Waals surface area contributed by atoms with Crippen LogP contribution >= 0.6 is 11.3 Å². The van der Waals surface area contributed by atoms with E-state index in [4.69, 9.17) is 4.74 Å². The SMILES string of the molecule is COc1cc(O)nc(-c2nc(C(F)(F)F)cs2)n1. The van der Waals surface area contributed by atoms with Gasteiger partial charge in [0.2, 0.25) is 11.8 Å². The van der Waals surface area contributed by atoms with Crippen molar-refractivity contribution in [1.29, 1.82) is 0 Å². The average molecular weight is 277 g/mol. The lowest BCUT2D eigenvalue weighted by atomic mass is 10.5. The number of nitrogens with zero attached hydrogens (tertiary/aromatic N) is 3. The van der Waals surface area contributed by atoms with Crippen LogP contribution in [0.1, 0.15) is 5.69 Å². The molecule has 1 N–H and O–H groups in total. The van der Waals surface area contributed by atoms with Crippen LogP contribution in [-0.2, 0) is 6.18 Å². The van der Waals surface area contributed by atoms with Gasteiger partial charge in [-0.3, -0.25) is 0 Å². The maximum Gasteiger partial charge on any atom is 0.434 e. The van der Waals surface area contributed by atoms with Gasteiger partial charge in [-0.15, -0.1) is 11.3 Å². The van der Waals surface area contributed by atoms with E-state index in [1.54, 1.807) is 0 Å². The molecule has 0 aliphatic rings. The van der Waals surface area contributed by atoms with Gasteiger partial charge in [-0.05, 0) is 0 Å². The molecule has 0 aromatic carbocycles. The van der Waals surface area contributed by atoms with Gasteiger partial charge in [-0.2, -0.15) is 23.1 Å². The van der Waals surface area contributed by atoms with E-state index in [1.165, 1.54) is 7.11 Å². The lowest BCUT2D eigenvalue weighted by Gasteiger charge is -2.02. The number of hydrogen-bond donors (Lipinski definition) is 1. The molecule has 0 spiro atoms. The highest BCUT2D eigenvalue weighted by atomic mass is 32.1. The summed E-state index contributed by atoms with van der Waals surface area (Å²) < 4.78 is 41.9. The van der Waals surface area contributed by atoms with Crippen LogP contribution in [-0.4, -0.2) is 27.2 Å². The molecule has 0 atom stereocenters. The van der Waals surface area contributed by atoms with Gasteiger partial charge < -0.3 is 9.84 Å². The zero-order valence-electron chi connectivity index (χ0n) is 8.89. The summed E-state index contributed by atoms with van der Waals surface area (Å²) in [4.78, 5) is 10.8. The van der Waals surface area contributed by atoms with Crippen molar-refractivity contribution in [2.45, 2.75) is 6.18 Å². The van der Waals surface area contributed by atoms with Crippen molar-refractivity contribution in [1.82, 2.24) is 15.0 Å². The largest absolute Gasteiger partial charge is 0.493 e. The highest BCUT2D eigenvalue weighted by molar-refractivity contribution is 7.13. The number of ether oxygens (including phenoxy) is 1. The number of hydrogen-bond acceptors (Lipinski definition) is 6. The Bertz CT molecular complexity index is 570. The first-order chi connectivity index (χ1) is 8.40. The Balaban J connectivity index is 2.43. The van der Waals surface area contributed by atoms with Gasteiger partial charge in [0.05, 0.1) is 13.2 Å². The molecule has 2 heterocycles. The normalized spacial score (nSPS) is 11.6. The molecule has 0 unspecified atom stereocenters. The van der Waals surface area contributed by atoms with E-state index in [-0.39, 0.29) is 16.7 Å². The molecule has 0 bridgehead atoms. The molecular formula is C9H6F3N3O2S. The number of halogens is 3. The molecule has 0 fully saturated rings. The van der Waals surface area contributed by atoms with Crippen LogP contribution in [0, 0.1) is 0 Å². The van der Waals surface area contributed by atoms with Crippen molar-refractivity contribution in [3.8, 4) is 22.6 Å². The smallest absolute Gasteiger partial charge is 0.434 e. The second kappa shape index (κ2) is 4.41. The van der Waals surface area contributed by atoms with Gasteiger partial charge in [-0.25, -0.2) is 4.98 Å². The molecule has 0 saturated carbocycles. The fourth-order valence-corrected chi connectivity index (χ4v) is 1.88. The van der Waals surface area contributed by atoms with Gasteiger partial charge in [0.1, 0.15) is 0 Å². The molecule has 0 aliphatic carbocycles. The molecule has 0 radical (unpaired) electrons. The molecule has 0 saturated heterocycles. The quantitative estimate of drug-likeness (QED) is 0.912. The summed E-state index contributed by atoms with van der Waals surface area (Å²) in [5.74, 6) is -0.478. The predicted molar refractivity (Wildman–Crippen MR) is 56.4 cm³/mol. The van der Waals surface area contributed by atoms with Crippen molar-refractivity contribution < 1.29 is 23.0 Å². The third-order valence-electron chi connectivity index (χ3n) is 1.88. The van der Waals surface area contributed by atoms with Gasteiger partial charge in [0.25, 0.3) is 0 Å². The summed E-state index contributed by atoms with van der Waals surface area (Å²) >= 11 is 0.735. The van der Waals surface area contributed by atoms with Crippen LogP contribution in [0.15, 0.2) is 11.4 Å². The maximum atomic E-state index is 12.4. The number of aromatic nitrogens is 3. The molecule has 18 heavy (non-hydrogen) atoms. The van der Waals surface area contributed by atoms with Gasteiger partial charge in [-0.1, -0.05) is 0 Å². The Hall–Kier alpha value is -1.90. The summed E-state index contributed by atoms with van der Waals surface area (Å²) in [6.45, 7) is 0. The van der Waals surface area contributed by atoms with E-state index in [2.05, 4.69) is 15.0 Å². The van der Waals surface area contributed by atoms with E-state index >= 15 is 0 Å². The van der Waals surface area contributed by atoms with Gasteiger partial charge in [0.15, 0.2) is 16.5 Å². The molecule has 0 amide bonds. The van der Waals surface area contributed by atoms with Crippen LogP contribution in [0.5, 0.6) is 11.8 Å². The third-order valence-corrected chi connectivity index (χ3v) is 2.72. The molecule has 0 aliphatic heterocycles. The maximum absolute atomic E-state index is 12.4. The zero-order chi connectivity index (χ0) is 13.3. The molecule has 5 nitrogen and oxygen atoms in total. The number of alkyl halides is 3. The average Bonchev–Trinajstić information content (AvgIpc) is 2.77. The Morgan fingerprint density at radius 3 is 2.56 bits per heavy atom. The lowest BCUT2D eigenvalue weighted by Crippen LogP contribution is -2.05. The Kier molecular flexibility index (Phi) is 3.07. The standard InChI is InChI=1S/C9H6F3N3O2S/c1-17-6-2-5(16)14-7(15-6)8-13-4(3-18-8)9(10,11)12/h2-3H,1H3,(H,14,15,16). The van der Waals surface area contributed by atoms with Crippen LogP contribution in [0.25, 0.3) is 10.8 Å². The second-order valence-electron chi connectivity index (χ2n) is 3.13. The van der Waals surface area contributed by atoms with Crippen LogP contribution in [0.4, 0.5) is 13.2 Å². The molecule has 2 rings (SSSR count). The molecule has 2 aromatic rings. The summed E-state index contributed by atoms with van der Waals surface area (Å²) in [5.41, 5.74) is -1.02. The first-order valence-electron chi connectivity index (χ1n) is 4.55. The minimum Gasteiger partial charge on any atom is -0.493 e. The van der Waals surface area contributed by atoms with Crippen LogP contribution in [0.3, 0.4) is 0 Å².